The molecule has 5 heteroatoms. The maximum Gasteiger partial charge on any atom is 0.236 e. The van der Waals surface area contributed by atoms with Crippen LogP contribution in [0.5, 0.6) is 0 Å². The lowest BCUT2D eigenvalue weighted by Gasteiger charge is -2.25. The number of aryl methyl sites for hydroxylation is 2. The van der Waals surface area contributed by atoms with Gasteiger partial charge in [0.25, 0.3) is 0 Å². The first-order valence-electron chi connectivity index (χ1n) is 8.12. The van der Waals surface area contributed by atoms with Crippen LogP contribution in [-0.4, -0.2) is 27.8 Å². The van der Waals surface area contributed by atoms with Crippen LogP contribution in [0.25, 0.3) is 0 Å². The number of amides is 1. The monoisotopic (exact) mass is 328 g/mol. The van der Waals surface area contributed by atoms with Crippen molar-refractivity contribution >= 4 is 17.7 Å². The number of thioether (sulfide) groups is 1. The molecule has 1 fully saturated rings. The number of benzene rings is 1. The minimum absolute atomic E-state index is 0.000368. The Morgan fingerprint density at radius 1 is 1.35 bits per heavy atom. The summed E-state index contributed by atoms with van der Waals surface area (Å²) in [6.45, 7) is 4.81. The van der Waals surface area contributed by atoms with Crippen LogP contribution >= 0.6 is 11.8 Å². The number of hydrogen-bond donors (Lipinski definition) is 0. The fraction of sp³-hybridized carbons (Fsp3) is 0.444. The summed E-state index contributed by atoms with van der Waals surface area (Å²) in [6.07, 6.45) is 2.84. The zero-order valence-corrected chi connectivity index (χ0v) is 14.2. The van der Waals surface area contributed by atoms with Crippen molar-refractivity contribution in [3.63, 3.8) is 0 Å². The standard InChI is InChI=1S/C18H20N2O2S/c1-11-5-6-13-10-17(23-16(13)8-11)18(21)20-7-3-4-15(20)14-9-12(2)22-19-14/h5-6,8-9,15,17H,3-4,7,10H2,1-2H3/t15-,17-/m0/s1. The molecule has 0 spiro atoms. The van der Waals surface area contributed by atoms with Gasteiger partial charge in [-0.2, -0.15) is 0 Å². The predicted octanol–water partition coefficient (Wildman–Crippen LogP) is 3.67. The van der Waals surface area contributed by atoms with E-state index in [0.717, 1.165) is 37.3 Å². The molecule has 4 nitrogen and oxygen atoms in total. The van der Waals surface area contributed by atoms with E-state index in [0.29, 0.717) is 0 Å². The minimum atomic E-state index is 0.000368. The Morgan fingerprint density at radius 3 is 3.00 bits per heavy atom. The van der Waals surface area contributed by atoms with Crippen LogP contribution in [0, 0.1) is 13.8 Å². The molecule has 1 aromatic heterocycles. The lowest BCUT2D eigenvalue weighted by molar-refractivity contribution is -0.131. The first-order valence-corrected chi connectivity index (χ1v) is 8.99. The zero-order chi connectivity index (χ0) is 16.0. The highest BCUT2D eigenvalue weighted by atomic mass is 32.2. The Bertz CT molecular complexity index is 755. The summed E-state index contributed by atoms with van der Waals surface area (Å²) in [6, 6.07) is 8.51. The molecule has 1 amide bonds. The Hall–Kier alpha value is -1.75. The first kappa shape index (κ1) is 14.8. The van der Waals surface area contributed by atoms with Gasteiger partial charge in [0.1, 0.15) is 11.5 Å². The molecule has 4 rings (SSSR count). The summed E-state index contributed by atoms with van der Waals surface area (Å²) >= 11 is 1.71. The van der Waals surface area contributed by atoms with Gasteiger partial charge in [-0.3, -0.25) is 4.79 Å². The van der Waals surface area contributed by atoms with Crippen molar-refractivity contribution < 1.29 is 9.32 Å². The fourth-order valence-electron chi connectivity index (χ4n) is 3.54. The van der Waals surface area contributed by atoms with Crippen LogP contribution in [0.15, 0.2) is 33.7 Å². The number of fused-ring (bicyclic) bond motifs is 1. The zero-order valence-electron chi connectivity index (χ0n) is 13.4. The second-order valence-corrected chi connectivity index (χ2v) is 7.72. The maximum atomic E-state index is 13.0. The summed E-state index contributed by atoms with van der Waals surface area (Å²) in [5.74, 6) is 1.05. The van der Waals surface area contributed by atoms with Crippen LogP contribution in [0.3, 0.4) is 0 Å². The van der Waals surface area contributed by atoms with Gasteiger partial charge in [0.2, 0.25) is 5.91 Å². The Kier molecular flexibility index (Phi) is 3.68. The second-order valence-electron chi connectivity index (χ2n) is 6.47. The summed E-state index contributed by atoms with van der Waals surface area (Å²) in [5.41, 5.74) is 3.44. The summed E-state index contributed by atoms with van der Waals surface area (Å²) in [7, 11) is 0. The van der Waals surface area contributed by atoms with Crippen molar-refractivity contribution in [1.29, 1.82) is 0 Å². The van der Waals surface area contributed by atoms with E-state index in [9.17, 15) is 4.79 Å². The van der Waals surface area contributed by atoms with Crippen molar-refractivity contribution in [3.8, 4) is 0 Å². The number of carbonyl (C=O) groups is 1. The molecular weight excluding hydrogens is 308 g/mol. The smallest absolute Gasteiger partial charge is 0.236 e. The van der Waals surface area contributed by atoms with Gasteiger partial charge in [0, 0.05) is 17.5 Å². The van der Waals surface area contributed by atoms with E-state index < -0.39 is 0 Å². The van der Waals surface area contributed by atoms with Crippen molar-refractivity contribution in [2.45, 2.75) is 49.3 Å². The SMILES string of the molecule is Cc1ccc2c(c1)S[C@H](C(=O)N1CCC[C@H]1c1cc(C)on1)C2. The van der Waals surface area contributed by atoms with Gasteiger partial charge < -0.3 is 9.42 Å². The molecule has 0 aliphatic carbocycles. The molecule has 0 N–H and O–H groups in total. The molecule has 3 heterocycles. The molecule has 120 valence electrons. The van der Waals surface area contributed by atoms with Crippen LogP contribution < -0.4 is 0 Å². The van der Waals surface area contributed by atoms with Gasteiger partial charge in [-0.25, -0.2) is 0 Å². The maximum absolute atomic E-state index is 13.0. The number of likely N-dealkylation sites (tertiary alicyclic amines) is 1. The second kappa shape index (κ2) is 5.71. The third-order valence-corrected chi connectivity index (χ3v) is 5.98. The number of nitrogens with zero attached hydrogens (tertiary/aromatic N) is 2. The van der Waals surface area contributed by atoms with Gasteiger partial charge in [-0.15, -0.1) is 11.8 Å². The fourth-order valence-corrected chi connectivity index (χ4v) is 4.90. The molecule has 2 aromatic rings. The van der Waals surface area contributed by atoms with Gasteiger partial charge in [-0.05, 0) is 44.7 Å². The van der Waals surface area contributed by atoms with E-state index >= 15 is 0 Å². The Morgan fingerprint density at radius 2 is 2.22 bits per heavy atom. The highest BCUT2D eigenvalue weighted by molar-refractivity contribution is 8.01. The Labute approximate surface area is 140 Å². The van der Waals surface area contributed by atoms with Crippen molar-refractivity contribution in [3.05, 3.63) is 46.8 Å². The van der Waals surface area contributed by atoms with E-state index in [1.54, 1.807) is 11.8 Å². The van der Waals surface area contributed by atoms with Gasteiger partial charge in [0.05, 0.1) is 11.3 Å². The molecule has 23 heavy (non-hydrogen) atoms. The molecule has 2 aliphatic rings. The number of rotatable bonds is 2. The minimum Gasteiger partial charge on any atom is -0.361 e. The van der Waals surface area contributed by atoms with Crippen molar-refractivity contribution in [2.24, 2.45) is 0 Å². The molecule has 0 unspecified atom stereocenters. The third-order valence-electron chi connectivity index (χ3n) is 4.70. The van der Waals surface area contributed by atoms with E-state index in [4.69, 9.17) is 4.52 Å². The molecule has 2 atom stereocenters. The van der Waals surface area contributed by atoms with Crippen molar-refractivity contribution in [1.82, 2.24) is 10.1 Å². The topological polar surface area (TPSA) is 46.3 Å². The van der Waals surface area contributed by atoms with Gasteiger partial charge in [0.15, 0.2) is 0 Å². The van der Waals surface area contributed by atoms with Crippen LogP contribution in [-0.2, 0) is 11.2 Å². The van der Waals surface area contributed by atoms with Gasteiger partial charge >= 0.3 is 0 Å². The van der Waals surface area contributed by atoms with E-state index in [-0.39, 0.29) is 17.2 Å². The van der Waals surface area contributed by atoms with E-state index in [2.05, 4.69) is 30.3 Å². The summed E-state index contributed by atoms with van der Waals surface area (Å²) in [4.78, 5) is 16.3. The van der Waals surface area contributed by atoms with E-state index in [1.807, 2.05) is 17.9 Å². The number of hydrogen-bond acceptors (Lipinski definition) is 4. The van der Waals surface area contributed by atoms with Crippen molar-refractivity contribution in [2.75, 3.05) is 6.54 Å². The molecule has 0 radical (unpaired) electrons. The molecular formula is C18H20N2O2S. The van der Waals surface area contributed by atoms with Crippen LogP contribution in [0.1, 0.15) is 41.5 Å². The third kappa shape index (κ3) is 2.67. The Balaban J connectivity index is 1.53. The normalized spacial score (nSPS) is 23.3. The first-order chi connectivity index (χ1) is 11.1. The molecule has 2 aliphatic heterocycles. The molecule has 1 aromatic carbocycles. The average molecular weight is 328 g/mol. The quantitative estimate of drug-likeness (QED) is 0.844. The predicted molar refractivity (Wildman–Crippen MR) is 89.5 cm³/mol. The summed E-state index contributed by atoms with van der Waals surface area (Å²) in [5, 5.41) is 4.13. The average Bonchev–Trinajstić information content (AvgIpc) is 3.23. The van der Waals surface area contributed by atoms with E-state index in [1.165, 1.54) is 16.0 Å². The number of aromatic nitrogens is 1. The molecule has 0 saturated carbocycles. The largest absolute Gasteiger partial charge is 0.361 e. The molecule has 1 saturated heterocycles. The highest BCUT2D eigenvalue weighted by Gasteiger charge is 2.38. The lowest BCUT2D eigenvalue weighted by Crippen LogP contribution is -2.37. The lowest BCUT2D eigenvalue weighted by atomic mass is 10.1. The molecule has 0 bridgehead atoms. The van der Waals surface area contributed by atoms with Gasteiger partial charge in [-0.1, -0.05) is 22.9 Å². The number of carbonyl (C=O) groups excluding carboxylic acids is 1. The summed E-state index contributed by atoms with van der Waals surface area (Å²) < 4.78 is 5.20. The van der Waals surface area contributed by atoms with Crippen LogP contribution in [0.4, 0.5) is 0 Å². The van der Waals surface area contributed by atoms with Crippen LogP contribution in [0.2, 0.25) is 0 Å². The highest BCUT2D eigenvalue weighted by Crippen LogP contribution is 2.41.